The molecule has 7 heteroatoms. The van der Waals surface area contributed by atoms with Crippen molar-refractivity contribution < 1.29 is 0 Å². The normalized spacial score (nSPS) is 12.4. The Morgan fingerprint density at radius 1 is 0.889 bits per heavy atom. The molecule has 2 heterocycles. The van der Waals surface area contributed by atoms with Gasteiger partial charge in [0.25, 0.3) is 5.56 Å². The number of nitrogens with zero attached hydrogens (tertiary/aromatic N) is 4. The summed E-state index contributed by atoms with van der Waals surface area (Å²) in [6.45, 7) is 0. The van der Waals surface area contributed by atoms with Crippen LogP contribution in [0.5, 0.6) is 0 Å². The summed E-state index contributed by atoms with van der Waals surface area (Å²) in [7, 11) is 3.09. The Hall–Kier alpha value is -3.12. The maximum absolute atomic E-state index is 12.9. The molecule has 4 aromatic rings. The molecule has 0 saturated carbocycles. The Balaban J connectivity index is 2.06. The largest absolute Gasteiger partial charge is 0.332 e. The summed E-state index contributed by atoms with van der Waals surface area (Å²) < 4.78 is 4.30. The molecule has 0 aliphatic heterocycles. The van der Waals surface area contributed by atoms with E-state index in [2.05, 4.69) is 4.98 Å². The number of halogens is 1. The lowest BCUT2D eigenvalue weighted by Crippen LogP contribution is -2.37. The molecule has 27 heavy (non-hydrogen) atoms. The van der Waals surface area contributed by atoms with Gasteiger partial charge in [-0.3, -0.25) is 13.9 Å². The van der Waals surface area contributed by atoms with E-state index in [-0.39, 0.29) is 11.6 Å². The van der Waals surface area contributed by atoms with Gasteiger partial charge in [0.05, 0.1) is 12.4 Å². The van der Waals surface area contributed by atoms with E-state index in [1.165, 1.54) is 11.6 Å². The fourth-order valence-corrected chi connectivity index (χ4v) is 3.48. The van der Waals surface area contributed by atoms with Crippen molar-refractivity contribution in [3.05, 3.63) is 97.9 Å². The molecule has 6 nitrogen and oxygen atoms in total. The molecule has 1 atom stereocenters. The van der Waals surface area contributed by atoms with Gasteiger partial charge in [-0.05, 0) is 23.3 Å². The van der Waals surface area contributed by atoms with Gasteiger partial charge >= 0.3 is 5.69 Å². The summed E-state index contributed by atoms with van der Waals surface area (Å²) in [5, 5.41) is 0.638. The monoisotopic (exact) mass is 380 g/mol. The molecular weight excluding hydrogens is 364 g/mol. The number of benzene rings is 2. The first kappa shape index (κ1) is 17.3. The van der Waals surface area contributed by atoms with Gasteiger partial charge in [0, 0.05) is 19.1 Å². The number of aromatic nitrogens is 4. The minimum Gasteiger partial charge on any atom is -0.313 e. The first-order chi connectivity index (χ1) is 13.0. The lowest BCUT2D eigenvalue weighted by atomic mass is 9.98. The van der Waals surface area contributed by atoms with E-state index in [1.54, 1.807) is 13.4 Å². The van der Waals surface area contributed by atoms with Crippen molar-refractivity contribution >= 4 is 22.8 Å². The molecule has 0 radical (unpaired) electrons. The van der Waals surface area contributed by atoms with Crippen LogP contribution in [0.25, 0.3) is 11.2 Å². The zero-order valence-corrected chi connectivity index (χ0v) is 15.6. The van der Waals surface area contributed by atoms with Gasteiger partial charge in [-0.25, -0.2) is 9.78 Å². The van der Waals surface area contributed by atoms with E-state index >= 15 is 0 Å². The average Bonchev–Trinajstić information content (AvgIpc) is 3.12. The van der Waals surface area contributed by atoms with Crippen LogP contribution in [0.2, 0.25) is 5.02 Å². The van der Waals surface area contributed by atoms with Crippen LogP contribution in [-0.4, -0.2) is 18.7 Å². The topological polar surface area (TPSA) is 61.8 Å². The van der Waals surface area contributed by atoms with Crippen LogP contribution < -0.4 is 11.2 Å². The summed E-state index contributed by atoms with van der Waals surface area (Å²) in [6.07, 6.45) is 1.61. The molecule has 0 N–H and O–H groups in total. The molecule has 0 aliphatic carbocycles. The minimum absolute atomic E-state index is 0.279. The summed E-state index contributed by atoms with van der Waals surface area (Å²) in [5.41, 5.74) is 1.92. The third-order valence-corrected chi connectivity index (χ3v) is 5.00. The average molecular weight is 381 g/mol. The van der Waals surface area contributed by atoms with Crippen LogP contribution in [0, 0.1) is 0 Å². The molecule has 4 rings (SSSR count). The van der Waals surface area contributed by atoms with Crippen LogP contribution in [0.4, 0.5) is 0 Å². The Kier molecular flexibility index (Phi) is 4.20. The van der Waals surface area contributed by atoms with E-state index in [1.807, 2.05) is 59.2 Å². The van der Waals surface area contributed by atoms with E-state index in [4.69, 9.17) is 11.6 Å². The smallest absolute Gasteiger partial charge is 0.313 e. The molecular formula is C20H17ClN4O2. The Morgan fingerprint density at radius 3 is 2.19 bits per heavy atom. The Labute approximate surface area is 159 Å². The Morgan fingerprint density at radius 2 is 1.52 bits per heavy atom. The molecule has 136 valence electrons. The first-order valence-corrected chi connectivity index (χ1v) is 8.80. The molecule has 2 aromatic carbocycles. The van der Waals surface area contributed by atoms with Gasteiger partial charge in [0.1, 0.15) is 0 Å². The van der Waals surface area contributed by atoms with Gasteiger partial charge in [0.2, 0.25) is 0 Å². The second-order valence-corrected chi connectivity index (χ2v) is 6.83. The highest BCUT2D eigenvalue weighted by Gasteiger charge is 2.22. The molecule has 0 saturated heterocycles. The highest BCUT2D eigenvalue weighted by atomic mass is 35.5. The predicted molar refractivity (Wildman–Crippen MR) is 105 cm³/mol. The van der Waals surface area contributed by atoms with E-state index in [0.717, 1.165) is 15.7 Å². The van der Waals surface area contributed by atoms with Crippen LogP contribution in [0.15, 0.2) is 70.5 Å². The van der Waals surface area contributed by atoms with Crippen molar-refractivity contribution in [2.45, 2.75) is 6.04 Å². The molecule has 0 bridgehead atoms. The number of hydrogen-bond donors (Lipinski definition) is 0. The number of aryl methyl sites for hydroxylation is 1. The zero-order chi connectivity index (χ0) is 19.1. The molecule has 0 amide bonds. The highest BCUT2D eigenvalue weighted by molar-refractivity contribution is 6.30. The molecule has 0 spiro atoms. The van der Waals surface area contributed by atoms with Crippen molar-refractivity contribution in [1.82, 2.24) is 18.7 Å². The van der Waals surface area contributed by atoms with Gasteiger partial charge in [-0.1, -0.05) is 54.1 Å². The molecule has 0 aliphatic rings. The van der Waals surface area contributed by atoms with E-state index < -0.39 is 5.69 Å². The van der Waals surface area contributed by atoms with Crippen molar-refractivity contribution in [3.8, 4) is 0 Å². The second kappa shape index (κ2) is 6.55. The van der Waals surface area contributed by atoms with Crippen molar-refractivity contribution in [3.63, 3.8) is 0 Å². The van der Waals surface area contributed by atoms with Crippen LogP contribution in [-0.2, 0) is 14.1 Å². The lowest BCUT2D eigenvalue weighted by Gasteiger charge is -2.21. The van der Waals surface area contributed by atoms with Gasteiger partial charge < -0.3 is 4.57 Å². The zero-order valence-electron chi connectivity index (χ0n) is 14.8. The van der Waals surface area contributed by atoms with Gasteiger partial charge in [-0.15, -0.1) is 0 Å². The molecule has 1 unspecified atom stereocenters. The summed E-state index contributed by atoms with van der Waals surface area (Å²) in [5.74, 6) is 0. The molecule has 2 aromatic heterocycles. The van der Waals surface area contributed by atoms with Gasteiger partial charge in [0.15, 0.2) is 11.2 Å². The first-order valence-electron chi connectivity index (χ1n) is 8.42. The SMILES string of the molecule is Cn1c(=O)c2c(ncn2C(c2ccccc2)c2ccc(Cl)cc2)n(C)c1=O. The molecule has 0 fully saturated rings. The highest BCUT2D eigenvalue weighted by Crippen LogP contribution is 2.29. The summed E-state index contributed by atoms with van der Waals surface area (Å²) in [4.78, 5) is 29.5. The number of fused-ring (bicyclic) bond motifs is 1. The van der Waals surface area contributed by atoms with Crippen LogP contribution in [0.1, 0.15) is 17.2 Å². The fourth-order valence-electron chi connectivity index (χ4n) is 3.35. The lowest BCUT2D eigenvalue weighted by molar-refractivity contribution is 0.675. The fraction of sp³-hybridized carbons (Fsp3) is 0.150. The van der Waals surface area contributed by atoms with Crippen LogP contribution in [0.3, 0.4) is 0 Å². The van der Waals surface area contributed by atoms with Crippen LogP contribution >= 0.6 is 11.6 Å². The van der Waals surface area contributed by atoms with Crippen molar-refractivity contribution in [2.75, 3.05) is 0 Å². The third kappa shape index (κ3) is 2.78. The predicted octanol–water partition coefficient (Wildman–Crippen LogP) is 2.72. The Bertz CT molecular complexity index is 1240. The van der Waals surface area contributed by atoms with Crippen molar-refractivity contribution in [2.24, 2.45) is 14.1 Å². The minimum atomic E-state index is -0.402. The van der Waals surface area contributed by atoms with E-state index in [9.17, 15) is 9.59 Å². The number of imidazole rings is 1. The third-order valence-electron chi connectivity index (χ3n) is 4.75. The van der Waals surface area contributed by atoms with Crippen molar-refractivity contribution in [1.29, 1.82) is 0 Å². The quantitative estimate of drug-likeness (QED) is 0.549. The number of hydrogen-bond acceptors (Lipinski definition) is 3. The summed E-state index contributed by atoms with van der Waals surface area (Å²) in [6, 6.07) is 17.1. The number of rotatable bonds is 3. The summed E-state index contributed by atoms with van der Waals surface area (Å²) >= 11 is 6.06. The standard InChI is InChI=1S/C20H17ClN4O2/c1-23-18-17(19(26)24(2)20(23)27)25(12-22-18)16(13-6-4-3-5-7-13)14-8-10-15(21)11-9-14/h3-12,16H,1-2H3. The van der Waals surface area contributed by atoms with Gasteiger partial charge in [-0.2, -0.15) is 0 Å². The second-order valence-electron chi connectivity index (χ2n) is 6.39. The maximum Gasteiger partial charge on any atom is 0.332 e. The van der Waals surface area contributed by atoms with E-state index in [0.29, 0.717) is 16.2 Å². The maximum atomic E-state index is 12.9.